The van der Waals surface area contributed by atoms with E-state index in [1.165, 1.54) is 0 Å². The SMILES string of the molecule is O=C(NCC#Cc1ccccc1)c1n[nH]c2ccccc12. The molecule has 0 unspecified atom stereocenters. The van der Waals surface area contributed by atoms with Crippen molar-refractivity contribution in [2.45, 2.75) is 0 Å². The van der Waals surface area contributed by atoms with Crippen molar-refractivity contribution in [1.29, 1.82) is 0 Å². The number of carbonyl (C=O) groups excluding carboxylic acids is 1. The van der Waals surface area contributed by atoms with Crippen molar-refractivity contribution in [3.05, 3.63) is 65.9 Å². The van der Waals surface area contributed by atoms with E-state index in [4.69, 9.17) is 0 Å². The van der Waals surface area contributed by atoms with Crippen LogP contribution in [0.4, 0.5) is 0 Å². The van der Waals surface area contributed by atoms with E-state index in [0.717, 1.165) is 16.5 Å². The molecule has 0 spiro atoms. The fourth-order valence-corrected chi connectivity index (χ4v) is 2.01. The molecule has 3 aromatic rings. The van der Waals surface area contributed by atoms with Crippen LogP contribution in [0.25, 0.3) is 10.9 Å². The second-order valence-corrected chi connectivity index (χ2v) is 4.47. The second kappa shape index (κ2) is 5.93. The van der Waals surface area contributed by atoms with E-state index in [9.17, 15) is 4.79 Å². The summed E-state index contributed by atoms with van der Waals surface area (Å²) in [6.07, 6.45) is 0. The fraction of sp³-hybridized carbons (Fsp3) is 0.0588. The minimum Gasteiger partial charge on any atom is -0.340 e. The van der Waals surface area contributed by atoms with Crippen molar-refractivity contribution in [2.24, 2.45) is 0 Å². The molecule has 0 saturated carbocycles. The number of H-pyrrole nitrogens is 1. The van der Waals surface area contributed by atoms with Gasteiger partial charge in [0, 0.05) is 10.9 Å². The van der Waals surface area contributed by atoms with Crippen LogP contribution in [0, 0.1) is 11.8 Å². The summed E-state index contributed by atoms with van der Waals surface area (Å²) in [5.74, 6) is 5.69. The summed E-state index contributed by atoms with van der Waals surface area (Å²) in [4.78, 5) is 12.1. The highest BCUT2D eigenvalue weighted by Crippen LogP contribution is 2.14. The highest BCUT2D eigenvalue weighted by atomic mass is 16.1. The zero-order chi connectivity index (χ0) is 14.5. The maximum atomic E-state index is 12.1. The third kappa shape index (κ3) is 2.93. The van der Waals surface area contributed by atoms with Crippen molar-refractivity contribution < 1.29 is 4.79 Å². The van der Waals surface area contributed by atoms with Gasteiger partial charge in [-0.2, -0.15) is 5.10 Å². The van der Waals surface area contributed by atoms with Crippen molar-refractivity contribution >= 4 is 16.8 Å². The first-order valence-corrected chi connectivity index (χ1v) is 6.60. The van der Waals surface area contributed by atoms with Crippen molar-refractivity contribution in [2.75, 3.05) is 6.54 Å². The van der Waals surface area contributed by atoms with Crippen LogP contribution in [0.15, 0.2) is 54.6 Å². The van der Waals surface area contributed by atoms with Gasteiger partial charge in [-0.25, -0.2) is 0 Å². The van der Waals surface area contributed by atoms with Crippen LogP contribution in [0.1, 0.15) is 16.1 Å². The van der Waals surface area contributed by atoms with Gasteiger partial charge in [-0.3, -0.25) is 9.89 Å². The monoisotopic (exact) mass is 275 g/mol. The number of benzene rings is 2. The van der Waals surface area contributed by atoms with Gasteiger partial charge in [-0.1, -0.05) is 48.2 Å². The quantitative estimate of drug-likeness (QED) is 0.705. The number of hydrogen-bond acceptors (Lipinski definition) is 2. The summed E-state index contributed by atoms with van der Waals surface area (Å²) in [5.41, 5.74) is 2.17. The number of nitrogens with one attached hydrogen (secondary N) is 2. The van der Waals surface area contributed by atoms with E-state index >= 15 is 0 Å². The zero-order valence-corrected chi connectivity index (χ0v) is 11.3. The van der Waals surface area contributed by atoms with E-state index in [0.29, 0.717) is 5.69 Å². The van der Waals surface area contributed by atoms with Gasteiger partial charge >= 0.3 is 0 Å². The number of nitrogens with zero attached hydrogens (tertiary/aromatic N) is 1. The van der Waals surface area contributed by atoms with Crippen LogP contribution in [-0.4, -0.2) is 22.6 Å². The van der Waals surface area contributed by atoms with E-state index in [2.05, 4.69) is 27.4 Å². The zero-order valence-electron chi connectivity index (χ0n) is 11.3. The number of amides is 1. The number of aromatic amines is 1. The molecule has 0 aliphatic heterocycles. The van der Waals surface area contributed by atoms with Crippen LogP contribution in [-0.2, 0) is 0 Å². The molecule has 0 fully saturated rings. The average Bonchev–Trinajstić information content (AvgIpc) is 2.96. The van der Waals surface area contributed by atoms with Gasteiger partial charge in [-0.15, -0.1) is 0 Å². The van der Waals surface area contributed by atoms with Crippen LogP contribution in [0.2, 0.25) is 0 Å². The first kappa shape index (κ1) is 12.9. The molecule has 1 heterocycles. The Morgan fingerprint density at radius 1 is 1.10 bits per heavy atom. The first-order valence-electron chi connectivity index (χ1n) is 6.60. The van der Waals surface area contributed by atoms with Gasteiger partial charge in [-0.05, 0) is 18.2 Å². The molecule has 0 saturated heterocycles. The Bertz CT molecular complexity index is 825. The Hall–Kier alpha value is -3.06. The smallest absolute Gasteiger partial charge is 0.273 e. The summed E-state index contributed by atoms with van der Waals surface area (Å²) >= 11 is 0. The molecule has 21 heavy (non-hydrogen) atoms. The number of fused-ring (bicyclic) bond motifs is 1. The van der Waals surface area contributed by atoms with Crippen molar-refractivity contribution in [3.63, 3.8) is 0 Å². The van der Waals surface area contributed by atoms with E-state index < -0.39 is 0 Å². The predicted octanol–water partition coefficient (Wildman–Crippen LogP) is 2.34. The molecular weight excluding hydrogens is 262 g/mol. The maximum absolute atomic E-state index is 12.1. The molecule has 3 rings (SSSR count). The Kier molecular flexibility index (Phi) is 3.66. The van der Waals surface area contributed by atoms with Gasteiger partial charge in [0.05, 0.1) is 12.1 Å². The number of rotatable bonds is 2. The van der Waals surface area contributed by atoms with E-state index in [1.807, 2.05) is 54.6 Å². The van der Waals surface area contributed by atoms with E-state index in [1.54, 1.807) is 0 Å². The molecule has 2 aromatic carbocycles. The van der Waals surface area contributed by atoms with E-state index in [-0.39, 0.29) is 12.5 Å². The summed E-state index contributed by atoms with van der Waals surface area (Å²) in [5, 5.41) is 10.4. The lowest BCUT2D eigenvalue weighted by Crippen LogP contribution is -2.24. The molecule has 1 aromatic heterocycles. The van der Waals surface area contributed by atoms with Gasteiger partial charge in [0.2, 0.25) is 0 Å². The Labute approximate surface area is 122 Å². The van der Waals surface area contributed by atoms with Crippen molar-refractivity contribution in [1.82, 2.24) is 15.5 Å². The Morgan fingerprint density at radius 3 is 2.71 bits per heavy atom. The second-order valence-electron chi connectivity index (χ2n) is 4.47. The lowest BCUT2D eigenvalue weighted by Gasteiger charge is -1.97. The van der Waals surface area contributed by atoms with Gasteiger partial charge in [0.1, 0.15) is 0 Å². The lowest BCUT2D eigenvalue weighted by atomic mass is 10.2. The van der Waals surface area contributed by atoms with Crippen LogP contribution < -0.4 is 5.32 Å². The lowest BCUT2D eigenvalue weighted by molar-refractivity contribution is 0.0955. The van der Waals surface area contributed by atoms with Crippen LogP contribution >= 0.6 is 0 Å². The van der Waals surface area contributed by atoms with Gasteiger partial charge in [0.15, 0.2) is 5.69 Å². The predicted molar refractivity (Wildman–Crippen MR) is 81.7 cm³/mol. The number of aromatic nitrogens is 2. The molecule has 0 aliphatic carbocycles. The standard InChI is InChI=1S/C17H13N3O/c21-17(16-14-10-4-5-11-15(14)19-20-16)18-12-6-9-13-7-2-1-3-8-13/h1-5,7-8,10-11H,12H2,(H,18,21)(H,19,20). The average molecular weight is 275 g/mol. The number of para-hydroxylation sites is 1. The largest absolute Gasteiger partial charge is 0.340 e. The minimum atomic E-state index is -0.227. The van der Waals surface area contributed by atoms with Gasteiger partial charge in [0.25, 0.3) is 5.91 Å². The molecule has 0 aliphatic rings. The Balaban J connectivity index is 1.66. The fourth-order valence-electron chi connectivity index (χ4n) is 2.01. The Morgan fingerprint density at radius 2 is 1.86 bits per heavy atom. The molecule has 0 bridgehead atoms. The topological polar surface area (TPSA) is 57.8 Å². The summed E-state index contributed by atoms with van der Waals surface area (Å²) in [7, 11) is 0. The molecule has 4 nitrogen and oxygen atoms in total. The normalized spacial score (nSPS) is 9.90. The summed E-state index contributed by atoms with van der Waals surface area (Å²) in [6.45, 7) is 0.287. The molecule has 2 N–H and O–H groups in total. The number of carbonyl (C=O) groups is 1. The maximum Gasteiger partial charge on any atom is 0.273 e. The van der Waals surface area contributed by atoms with Crippen molar-refractivity contribution in [3.8, 4) is 11.8 Å². The number of hydrogen-bond donors (Lipinski definition) is 2. The van der Waals surface area contributed by atoms with Crippen LogP contribution in [0.5, 0.6) is 0 Å². The summed E-state index contributed by atoms with van der Waals surface area (Å²) in [6, 6.07) is 17.2. The third-order valence-corrected chi connectivity index (χ3v) is 3.03. The minimum absolute atomic E-state index is 0.227. The molecule has 0 atom stereocenters. The molecule has 102 valence electrons. The molecule has 4 heteroatoms. The summed E-state index contributed by atoms with van der Waals surface area (Å²) < 4.78 is 0. The third-order valence-electron chi connectivity index (χ3n) is 3.03. The molecular formula is C17H13N3O. The molecule has 0 radical (unpaired) electrons. The highest BCUT2D eigenvalue weighted by molar-refractivity contribution is 6.04. The van der Waals surface area contributed by atoms with Crippen LogP contribution in [0.3, 0.4) is 0 Å². The molecule has 1 amide bonds. The first-order chi connectivity index (χ1) is 10.3. The van der Waals surface area contributed by atoms with Gasteiger partial charge < -0.3 is 5.32 Å². The highest BCUT2D eigenvalue weighted by Gasteiger charge is 2.12.